The maximum Gasteiger partial charge on any atom is 0.232 e. The number of amides is 1. The van der Waals surface area contributed by atoms with Gasteiger partial charge in [-0.05, 0) is 26.7 Å². The SMILES string of the molecule is CC(C)NC(=O)CS(=O)CC(=O)C1CCCCC1. The van der Waals surface area contributed by atoms with Gasteiger partial charge in [0, 0.05) is 22.8 Å². The second kappa shape index (κ2) is 7.67. The molecule has 1 fully saturated rings. The molecule has 1 N–H and O–H groups in total. The number of carbonyl (C=O) groups is 2. The van der Waals surface area contributed by atoms with Crippen molar-refractivity contribution in [1.29, 1.82) is 0 Å². The Bertz CT molecular complexity index is 322. The maximum atomic E-state index is 11.9. The number of nitrogens with one attached hydrogen (secondary N) is 1. The molecule has 0 saturated heterocycles. The minimum absolute atomic E-state index is 0.0379. The van der Waals surface area contributed by atoms with Gasteiger partial charge in [-0.1, -0.05) is 19.3 Å². The molecule has 1 atom stereocenters. The van der Waals surface area contributed by atoms with Crippen molar-refractivity contribution in [2.45, 2.75) is 52.0 Å². The maximum absolute atomic E-state index is 11.9. The molecule has 1 amide bonds. The highest BCUT2D eigenvalue weighted by atomic mass is 32.2. The third-order valence-electron chi connectivity index (χ3n) is 3.11. The first-order chi connectivity index (χ1) is 8.49. The molecule has 0 aromatic carbocycles. The van der Waals surface area contributed by atoms with Gasteiger partial charge in [0.2, 0.25) is 5.91 Å². The van der Waals surface area contributed by atoms with Crippen molar-refractivity contribution in [3.8, 4) is 0 Å². The Hall–Kier alpha value is -0.710. The summed E-state index contributed by atoms with van der Waals surface area (Å²) in [6.45, 7) is 3.71. The Morgan fingerprint density at radius 3 is 2.33 bits per heavy atom. The van der Waals surface area contributed by atoms with E-state index in [4.69, 9.17) is 0 Å². The summed E-state index contributed by atoms with van der Waals surface area (Å²) in [5, 5.41) is 2.68. The normalized spacial score (nSPS) is 18.6. The zero-order valence-corrected chi connectivity index (χ0v) is 12.1. The van der Waals surface area contributed by atoms with E-state index < -0.39 is 10.8 Å². The second-order valence-corrected chi connectivity index (χ2v) is 6.71. The Morgan fingerprint density at radius 1 is 1.17 bits per heavy atom. The van der Waals surface area contributed by atoms with Crippen LogP contribution in [0.2, 0.25) is 0 Å². The summed E-state index contributed by atoms with van der Waals surface area (Å²) >= 11 is 0. The minimum atomic E-state index is -1.36. The lowest BCUT2D eigenvalue weighted by molar-refractivity contribution is -0.121. The van der Waals surface area contributed by atoms with Crippen LogP contribution in [-0.4, -0.2) is 33.4 Å². The third-order valence-corrected chi connectivity index (χ3v) is 4.30. The van der Waals surface area contributed by atoms with Crippen molar-refractivity contribution in [2.24, 2.45) is 5.92 Å². The average molecular weight is 273 g/mol. The molecule has 18 heavy (non-hydrogen) atoms. The number of Topliss-reactive ketones (excluding diaryl/α,β-unsaturated/α-hetero) is 1. The van der Waals surface area contributed by atoms with Crippen LogP contribution in [0.3, 0.4) is 0 Å². The van der Waals surface area contributed by atoms with Crippen molar-refractivity contribution in [1.82, 2.24) is 5.32 Å². The molecular weight excluding hydrogens is 250 g/mol. The quantitative estimate of drug-likeness (QED) is 0.796. The summed E-state index contributed by atoms with van der Waals surface area (Å²) in [6, 6.07) is 0.0450. The highest BCUT2D eigenvalue weighted by Gasteiger charge is 2.23. The Labute approximate surface area is 111 Å². The summed E-state index contributed by atoms with van der Waals surface area (Å²) in [7, 11) is -1.36. The van der Waals surface area contributed by atoms with Crippen LogP contribution >= 0.6 is 0 Å². The van der Waals surface area contributed by atoms with Gasteiger partial charge in [0.05, 0.1) is 5.75 Å². The smallest absolute Gasteiger partial charge is 0.232 e. The van der Waals surface area contributed by atoms with Crippen LogP contribution in [0.1, 0.15) is 46.0 Å². The van der Waals surface area contributed by atoms with E-state index in [1.54, 1.807) is 0 Å². The van der Waals surface area contributed by atoms with Crippen LogP contribution in [0.25, 0.3) is 0 Å². The first kappa shape index (κ1) is 15.3. The monoisotopic (exact) mass is 273 g/mol. The van der Waals surface area contributed by atoms with Gasteiger partial charge in [-0.15, -0.1) is 0 Å². The topological polar surface area (TPSA) is 63.2 Å². The zero-order chi connectivity index (χ0) is 13.5. The van der Waals surface area contributed by atoms with Crippen LogP contribution < -0.4 is 5.32 Å². The molecule has 0 spiro atoms. The van der Waals surface area contributed by atoms with Crippen molar-refractivity contribution in [3.05, 3.63) is 0 Å². The first-order valence-electron chi connectivity index (χ1n) is 6.66. The fourth-order valence-electron chi connectivity index (χ4n) is 2.26. The largest absolute Gasteiger partial charge is 0.353 e. The first-order valence-corrected chi connectivity index (χ1v) is 8.15. The Morgan fingerprint density at radius 2 is 1.78 bits per heavy atom. The van der Waals surface area contributed by atoms with Crippen LogP contribution in [0.15, 0.2) is 0 Å². The lowest BCUT2D eigenvalue weighted by Gasteiger charge is -2.19. The van der Waals surface area contributed by atoms with Crippen LogP contribution in [0.5, 0.6) is 0 Å². The van der Waals surface area contributed by atoms with E-state index in [-0.39, 0.29) is 35.2 Å². The fraction of sp³-hybridized carbons (Fsp3) is 0.846. The van der Waals surface area contributed by atoms with E-state index in [9.17, 15) is 13.8 Å². The molecule has 1 aliphatic carbocycles. The van der Waals surface area contributed by atoms with E-state index >= 15 is 0 Å². The molecule has 1 rings (SSSR count). The van der Waals surface area contributed by atoms with Gasteiger partial charge in [0.1, 0.15) is 11.5 Å². The van der Waals surface area contributed by atoms with E-state index in [0.29, 0.717) is 0 Å². The van der Waals surface area contributed by atoms with Crippen LogP contribution in [0, 0.1) is 5.92 Å². The van der Waals surface area contributed by atoms with E-state index in [2.05, 4.69) is 5.32 Å². The van der Waals surface area contributed by atoms with Gasteiger partial charge in [-0.2, -0.15) is 0 Å². The van der Waals surface area contributed by atoms with Gasteiger partial charge in [-0.3, -0.25) is 13.8 Å². The average Bonchev–Trinajstić information content (AvgIpc) is 2.28. The van der Waals surface area contributed by atoms with Gasteiger partial charge in [0.15, 0.2) is 0 Å². The lowest BCUT2D eigenvalue weighted by atomic mass is 9.87. The highest BCUT2D eigenvalue weighted by Crippen LogP contribution is 2.24. The van der Waals surface area contributed by atoms with Crippen LogP contribution in [0.4, 0.5) is 0 Å². The summed E-state index contributed by atoms with van der Waals surface area (Å²) in [5.41, 5.74) is 0. The van der Waals surface area contributed by atoms with Crippen molar-refractivity contribution in [3.63, 3.8) is 0 Å². The number of hydrogen-bond donors (Lipinski definition) is 1. The van der Waals surface area contributed by atoms with Gasteiger partial charge < -0.3 is 5.32 Å². The lowest BCUT2D eigenvalue weighted by Crippen LogP contribution is -2.35. The van der Waals surface area contributed by atoms with E-state index in [1.165, 1.54) is 6.42 Å². The van der Waals surface area contributed by atoms with E-state index in [0.717, 1.165) is 25.7 Å². The summed E-state index contributed by atoms with van der Waals surface area (Å²) in [5.74, 6) is -0.103. The molecule has 0 radical (unpaired) electrons. The standard InChI is InChI=1S/C13H23NO3S/c1-10(2)14-13(16)9-18(17)8-12(15)11-6-4-3-5-7-11/h10-11H,3-9H2,1-2H3,(H,14,16). The molecule has 5 heteroatoms. The Kier molecular flexibility index (Phi) is 6.54. The number of hydrogen-bond acceptors (Lipinski definition) is 3. The number of carbonyl (C=O) groups excluding carboxylic acids is 2. The predicted octanol–water partition coefficient (Wildman–Crippen LogP) is 1.41. The van der Waals surface area contributed by atoms with E-state index in [1.807, 2.05) is 13.8 Å². The second-order valence-electron chi connectivity index (χ2n) is 5.25. The number of ketones is 1. The Balaban J connectivity index is 2.30. The van der Waals surface area contributed by atoms with Crippen LogP contribution in [-0.2, 0) is 20.4 Å². The molecule has 0 aromatic heterocycles. The van der Waals surface area contributed by atoms with Gasteiger partial charge in [-0.25, -0.2) is 0 Å². The highest BCUT2D eigenvalue weighted by molar-refractivity contribution is 7.86. The van der Waals surface area contributed by atoms with Crippen molar-refractivity contribution in [2.75, 3.05) is 11.5 Å². The number of rotatable bonds is 6. The molecular formula is C13H23NO3S. The molecule has 1 saturated carbocycles. The molecule has 4 nitrogen and oxygen atoms in total. The molecule has 1 aliphatic rings. The molecule has 0 heterocycles. The summed E-state index contributed by atoms with van der Waals surface area (Å²) in [4.78, 5) is 23.3. The van der Waals surface area contributed by atoms with Crippen molar-refractivity contribution < 1.29 is 13.8 Å². The summed E-state index contributed by atoms with van der Waals surface area (Å²) in [6.07, 6.45) is 5.24. The predicted molar refractivity (Wildman–Crippen MR) is 72.7 cm³/mol. The molecule has 0 aromatic rings. The zero-order valence-electron chi connectivity index (χ0n) is 11.2. The third kappa shape index (κ3) is 5.76. The molecule has 0 bridgehead atoms. The van der Waals surface area contributed by atoms with Gasteiger partial charge in [0.25, 0.3) is 0 Å². The summed E-state index contributed by atoms with van der Waals surface area (Å²) < 4.78 is 11.7. The molecule has 104 valence electrons. The fourth-order valence-corrected chi connectivity index (χ4v) is 3.29. The minimum Gasteiger partial charge on any atom is -0.353 e. The van der Waals surface area contributed by atoms with Crippen molar-refractivity contribution >= 4 is 22.5 Å². The molecule has 1 unspecified atom stereocenters. The van der Waals surface area contributed by atoms with Gasteiger partial charge >= 0.3 is 0 Å². The molecule has 0 aliphatic heterocycles.